The number of sulfonamides is 1. The molecule has 1 saturated heterocycles. The highest BCUT2D eigenvalue weighted by atomic mass is 32.2. The fraction of sp³-hybridized carbons (Fsp3) is 0.500. The maximum Gasteiger partial charge on any atom is 0.322 e. The average Bonchev–Trinajstić information content (AvgIpc) is 2.59. The summed E-state index contributed by atoms with van der Waals surface area (Å²) in [6, 6.07) is 3.49. The molecule has 0 bridgehead atoms. The van der Waals surface area contributed by atoms with Gasteiger partial charge in [0.25, 0.3) is 0 Å². The molecule has 9 heteroatoms. The van der Waals surface area contributed by atoms with Crippen LogP contribution in [0, 0.1) is 0 Å². The number of carbonyl (C=O) groups excluding carboxylic acids is 1. The lowest BCUT2D eigenvalue weighted by atomic mass is 10.1. The van der Waals surface area contributed by atoms with Crippen molar-refractivity contribution in [2.45, 2.75) is 43.7 Å². The number of aliphatic carboxylic acids is 1. The molecule has 1 atom stereocenters. The highest BCUT2D eigenvalue weighted by Crippen LogP contribution is 2.31. The number of ether oxygens (including phenoxy) is 1. The van der Waals surface area contributed by atoms with Crippen LogP contribution in [0.5, 0.6) is 5.75 Å². The SMILES string of the molecule is COc1ccc(CNC(C)=O)cc1S(=O)(=O)N1CCCCC1C(=O)O. The first kappa shape index (κ1) is 19.2. The Morgan fingerprint density at radius 2 is 2.08 bits per heavy atom. The minimum Gasteiger partial charge on any atom is -0.495 e. The lowest BCUT2D eigenvalue weighted by Crippen LogP contribution is -2.47. The van der Waals surface area contributed by atoms with E-state index >= 15 is 0 Å². The Labute approximate surface area is 146 Å². The highest BCUT2D eigenvalue weighted by molar-refractivity contribution is 7.89. The predicted molar refractivity (Wildman–Crippen MR) is 89.7 cm³/mol. The van der Waals surface area contributed by atoms with Crippen LogP contribution in [0.15, 0.2) is 23.1 Å². The molecule has 1 fully saturated rings. The van der Waals surface area contributed by atoms with Crippen LogP contribution in [-0.4, -0.2) is 49.4 Å². The number of nitrogens with zero attached hydrogens (tertiary/aromatic N) is 1. The Balaban J connectivity index is 2.43. The van der Waals surface area contributed by atoms with Gasteiger partial charge in [-0.2, -0.15) is 4.31 Å². The zero-order valence-corrected chi connectivity index (χ0v) is 15.0. The number of benzene rings is 1. The number of piperidine rings is 1. The van der Waals surface area contributed by atoms with Crippen molar-refractivity contribution in [3.05, 3.63) is 23.8 Å². The van der Waals surface area contributed by atoms with Gasteiger partial charge in [0, 0.05) is 20.0 Å². The Morgan fingerprint density at radius 1 is 1.36 bits per heavy atom. The minimum absolute atomic E-state index is 0.0917. The van der Waals surface area contributed by atoms with Crippen molar-refractivity contribution in [3.63, 3.8) is 0 Å². The molecule has 0 spiro atoms. The summed E-state index contributed by atoms with van der Waals surface area (Å²) in [5.74, 6) is -1.25. The van der Waals surface area contributed by atoms with Crippen molar-refractivity contribution in [2.24, 2.45) is 0 Å². The molecule has 1 aliphatic heterocycles. The minimum atomic E-state index is -4.05. The normalized spacial score (nSPS) is 18.6. The van der Waals surface area contributed by atoms with E-state index in [-0.39, 0.29) is 36.1 Å². The van der Waals surface area contributed by atoms with Crippen LogP contribution in [0.3, 0.4) is 0 Å². The summed E-state index contributed by atoms with van der Waals surface area (Å²) < 4.78 is 32.3. The van der Waals surface area contributed by atoms with Gasteiger partial charge < -0.3 is 15.2 Å². The molecule has 0 aliphatic carbocycles. The molecule has 1 aromatic rings. The topological polar surface area (TPSA) is 113 Å². The summed E-state index contributed by atoms with van der Waals surface area (Å²) in [5.41, 5.74) is 0.582. The maximum atomic E-state index is 13.1. The van der Waals surface area contributed by atoms with Crippen molar-refractivity contribution in [1.29, 1.82) is 0 Å². The number of rotatable bonds is 6. The van der Waals surface area contributed by atoms with E-state index in [1.807, 2.05) is 0 Å². The van der Waals surface area contributed by atoms with Gasteiger partial charge in [0.05, 0.1) is 7.11 Å². The number of methoxy groups -OCH3 is 1. The fourth-order valence-corrected chi connectivity index (χ4v) is 4.68. The number of amides is 1. The van der Waals surface area contributed by atoms with E-state index in [1.165, 1.54) is 26.2 Å². The monoisotopic (exact) mass is 370 g/mol. The summed E-state index contributed by atoms with van der Waals surface area (Å²) in [7, 11) is -2.69. The molecule has 0 radical (unpaired) electrons. The van der Waals surface area contributed by atoms with E-state index in [0.29, 0.717) is 18.4 Å². The average molecular weight is 370 g/mol. The number of carboxylic acid groups (broad SMARTS) is 1. The maximum absolute atomic E-state index is 13.1. The van der Waals surface area contributed by atoms with E-state index in [2.05, 4.69) is 5.32 Å². The van der Waals surface area contributed by atoms with Crippen LogP contribution in [0.1, 0.15) is 31.7 Å². The lowest BCUT2D eigenvalue weighted by molar-refractivity contribution is -0.142. The third kappa shape index (κ3) is 4.29. The summed E-state index contributed by atoms with van der Waals surface area (Å²) in [6.45, 7) is 1.69. The summed E-state index contributed by atoms with van der Waals surface area (Å²) in [4.78, 5) is 22.4. The first-order chi connectivity index (χ1) is 11.8. The van der Waals surface area contributed by atoms with Gasteiger partial charge in [-0.25, -0.2) is 8.42 Å². The number of hydrogen-bond donors (Lipinski definition) is 2. The van der Waals surface area contributed by atoms with E-state index in [0.717, 1.165) is 4.31 Å². The molecule has 2 N–H and O–H groups in total. The molecular formula is C16H22N2O6S. The summed E-state index contributed by atoms with van der Waals surface area (Å²) >= 11 is 0. The first-order valence-electron chi connectivity index (χ1n) is 7.93. The zero-order chi connectivity index (χ0) is 18.6. The summed E-state index contributed by atoms with van der Waals surface area (Å²) in [6.07, 6.45) is 1.56. The number of hydrogen-bond acceptors (Lipinski definition) is 5. The third-order valence-corrected chi connectivity index (χ3v) is 6.02. The van der Waals surface area contributed by atoms with Crippen LogP contribution in [-0.2, 0) is 26.2 Å². The van der Waals surface area contributed by atoms with E-state index in [1.54, 1.807) is 6.07 Å². The second kappa shape index (κ2) is 7.83. The van der Waals surface area contributed by atoms with Crippen LogP contribution in [0.2, 0.25) is 0 Å². The van der Waals surface area contributed by atoms with E-state index < -0.39 is 22.0 Å². The molecule has 138 valence electrons. The van der Waals surface area contributed by atoms with Crippen molar-refractivity contribution in [2.75, 3.05) is 13.7 Å². The molecule has 0 saturated carbocycles. The Hall–Kier alpha value is -2.13. The second-order valence-electron chi connectivity index (χ2n) is 5.86. The fourth-order valence-electron chi connectivity index (χ4n) is 2.83. The smallest absolute Gasteiger partial charge is 0.322 e. The highest BCUT2D eigenvalue weighted by Gasteiger charge is 2.39. The number of carbonyl (C=O) groups is 2. The zero-order valence-electron chi connectivity index (χ0n) is 14.2. The van der Waals surface area contributed by atoms with Gasteiger partial charge >= 0.3 is 5.97 Å². The molecule has 2 rings (SSSR count). The Kier molecular flexibility index (Phi) is 6.02. The van der Waals surface area contributed by atoms with Gasteiger partial charge in [-0.1, -0.05) is 6.07 Å². The molecule has 25 heavy (non-hydrogen) atoms. The van der Waals surface area contributed by atoms with E-state index in [4.69, 9.17) is 4.74 Å². The van der Waals surface area contributed by atoms with Crippen molar-refractivity contribution < 1.29 is 27.9 Å². The molecule has 1 unspecified atom stereocenters. The van der Waals surface area contributed by atoms with Crippen molar-refractivity contribution >= 4 is 21.9 Å². The van der Waals surface area contributed by atoms with Crippen molar-refractivity contribution in [3.8, 4) is 5.75 Å². The number of carboxylic acids is 1. The molecule has 0 aromatic heterocycles. The third-order valence-electron chi connectivity index (χ3n) is 4.09. The van der Waals surface area contributed by atoms with Gasteiger partial charge in [-0.15, -0.1) is 0 Å². The van der Waals surface area contributed by atoms with E-state index in [9.17, 15) is 23.1 Å². The molecule has 1 amide bonds. The van der Waals surface area contributed by atoms with Crippen LogP contribution < -0.4 is 10.1 Å². The van der Waals surface area contributed by atoms with Crippen LogP contribution >= 0.6 is 0 Å². The molecule has 1 heterocycles. The van der Waals surface area contributed by atoms with Gasteiger partial charge in [0.2, 0.25) is 15.9 Å². The lowest BCUT2D eigenvalue weighted by Gasteiger charge is -2.32. The van der Waals surface area contributed by atoms with Crippen LogP contribution in [0.4, 0.5) is 0 Å². The predicted octanol–water partition coefficient (Wildman–Crippen LogP) is 0.959. The van der Waals surface area contributed by atoms with Gasteiger partial charge in [0.1, 0.15) is 16.7 Å². The van der Waals surface area contributed by atoms with Crippen molar-refractivity contribution in [1.82, 2.24) is 9.62 Å². The molecule has 1 aliphatic rings. The Bertz CT molecular complexity index is 762. The van der Waals surface area contributed by atoms with Gasteiger partial charge in [-0.3, -0.25) is 9.59 Å². The van der Waals surface area contributed by atoms with Gasteiger partial charge in [0.15, 0.2) is 0 Å². The number of nitrogens with one attached hydrogen (secondary N) is 1. The standard InChI is InChI=1S/C16H22N2O6S/c1-11(19)17-10-12-6-7-14(24-2)15(9-12)25(22,23)18-8-4-3-5-13(18)16(20)21/h6-7,9,13H,3-5,8,10H2,1-2H3,(H,17,19)(H,20,21). The largest absolute Gasteiger partial charge is 0.495 e. The second-order valence-corrected chi connectivity index (χ2v) is 7.72. The first-order valence-corrected chi connectivity index (χ1v) is 9.37. The van der Waals surface area contributed by atoms with Crippen LogP contribution in [0.25, 0.3) is 0 Å². The molecular weight excluding hydrogens is 348 g/mol. The summed E-state index contributed by atoms with van der Waals surface area (Å²) in [5, 5.41) is 12.0. The Morgan fingerprint density at radius 3 is 2.68 bits per heavy atom. The quantitative estimate of drug-likeness (QED) is 0.771. The van der Waals surface area contributed by atoms with Gasteiger partial charge in [-0.05, 0) is 37.0 Å². The molecule has 8 nitrogen and oxygen atoms in total. The molecule has 1 aromatic carbocycles.